The summed E-state index contributed by atoms with van der Waals surface area (Å²) in [5.74, 6) is 0.784. The molecule has 1 N–H and O–H groups in total. The summed E-state index contributed by atoms with van der Waals surface area (Å²) in [6, 6.07) is 0.428. The summed E-state index contributed by atoms with van der Waals surface area (Å²) in [5, 5.41) is 7.62. The first-order valence-electron chi connectivity index (χ1n) is 6.03. The Kier molecular flexibility index (Phi) is 3.96. The van der Waals surface area contributed by atoms with Crippen molar-refractivity contribution in [3.8, 4) is 0 Å². The first kappa shape index (κ1) is 11.6. The second-order valence-electron chi connectivity index (χ2n) is 4.58. The van der Waals surface area contributed by atoms with Gasteiger partial charge in [-0.15, -0.1) is 0 Å². The lowest BCUT2D eigenvalue weighted by Crippen LogP contribution is -2.23. The quantitative estimate of drug-likeness (QED) is 0.840. The average Bonchev–Trinajstić information content (AvgIpc) is 2.74. The Hall–Kier alpha value is -0.870. The van der Waals surface area contributed by atoms with E-state index in [1.54, 1.807) is 0 Å². The van der Waals surface area contributed by atoms with E-state index >= 15 is 0 Å². The van der Waals surface area contributed by atoms with Gasteiger partial charge in [-0.3, -0.25) is 4.68 Å². The van der Waals surface area contributed by atoms with Gasteiger partial charge in [-0.05, 0) is 32.2 Å². The van der Waals surface area contributed by atoms with Gasteiger partial charge in [0.1, 0.15) is 0 Å². The molecule has 90 valence electrons. The molecule has 1 aromatic rings. The number of hydrogen-bond donors (Lipinski definition) is 1. The maximum Gasteiger partial charge on any atom is 0.0537 e. The Morgan fingerprint density at radius 1 is 1.56 bits per heavy atom. The van der Waals surface area contributed by atoms with E-state index in [2.05, 4.69) is 16.6 Å². The van der Waals surface area contributed by atoms with Crippen LogP contribution in [0.2, 0.25) is 0 Å². The topological polar surface area (TPSA) is 39.1 Å². The molecular weight excluding hydrogens is 202 g/mol. The van der Waals surface area contributed by atoms with Crippen LogP contribution in [0.1, 0.15) is 30.9 Å². The smallest absolute Gasteiger partial charge is 0.0537 e. The molecule has 0 aliphatic carbocycles. The van der Waals surface area contributed by atoms with Crippen LogP contribution in [0.5, 0.6) is 0 Å². The van der Waals surface area contributed by atoms with Gasteiger partial charge in [0.2, 0.25) is 0 Å². The molecule has 16 heavy (non-hydrogen) atoms. The van der Waals surface area contributed by atoms with Crippen molar-refractivity contribution < 1.29 is 4.74 Å². The average molecular weight is 223 g/mol. The summed E-state index contributed by atoms with van der Waals surface area (Å²) in [5.41, 5.74) is 1.29. The van der Waals surface area contributed by atoms with E-state index in [1.165, 1.54) is 24.8 Å². The van der Waals surface area contributed by atoms with Crippen LogP contribution in [-0.2, 0) is 11.8 Å². The van der Waals surface area contributed by atoms with Gasteiger partial charge in [-0.25, -0.2) is 0 Å². The highest BCUT2D eigenvalue weighted by Gasteiger charge is 2.20. The van der Waals surface area contributed by atoms with Gasteiger partial charge in [0.05, 0.1) is 6.20 Å². The summed E-state index contributed by atoms with van der Waals surface area (Å²) >= 11 is 0. The Balaban J connectivity index is 1.94. The van der Waals surface area contributed by atoms with Crippen LogP contribution in [0.15, 0.2) is 12.4 Å². The Morgan fingerprint density at radius 2 is 2.31 bits per heavy atom. The zero-order valence-corrected chi connectivity index (χ0v) is 10.1. The van der Waals surface area contributed by atoms with E-state index in [0.29, 0.717) is 6.04 Å². The zero-order chi connectivity index (χ0) is 11.4. The molecule has 0 bridgehead atoms. The minimum Gasteiger partial charge on any atom is -0.381 e. The molecule has 1 fully saturated rings. The highest BCUT2D eigenvalue weighted by atomic mass is 16.5. The molecule has 0 aromatic carbocycles. The van der Waals surface area contributed by atoms with Gasteiger partial charge in [-0.2, -0.15) is 5.10 Å². The molecule has 0 saturated carbocycles. The molecule has 1 unspecified atom stereocenters. The predicted molar refractivity (Wildman–Crippen MR) is 63.2 cm³/mol. The second kappa shape index (κ2) is 5.46. The second-order valence-corrected chi connectivity index (χ2v) is 4.58. The molecule has 1 aromatic heterocycles. The van der Waals surface area contributed by atoms with Gasteiger partial charge < -0.3 is 10.1 Å². The van der Waals surface area contributed by atoms with Crippen molar-refractivity contribution in [2.75, 3.05) is 20.3 Å². The van der Waals surface area contributed by atoms with Gasteiger partial charge >= 0.3 is 0 Å². The van der Waals surface area contributed by atoms with Gasteiger partial charge in [0.25, 0.3) is 0 Å². The molecule has 0 radical (unpaired) electrons. The molecule has 0 amide bonds. The molecule has 1 aliphatic rings. The number of hydrogen-bond acceptors (Lipinski definition) is 3. The molecule has 0 spiro atoms. The molecular formula is C12H21N3O. The fraction of sp³-hybridized carbons (Fsp3) is 0.750. The Morgan fingerprint density at radius 3 is 2.88 bits per heavy atom. The summed E-state index contributed by atoms with van der Waals surface area (Å²) in [4.78, 5) is 0. The van der Waals surface area contributed by atoms with Crippen molar-refractivity contribution >= 4 is 0 Å². The lowest BCUT2D eigenvalue weighted by Gasteiger charge is -2.26. The van der Waals surface area contributed by atoms with Crippen LogP contribution >= 0.6 is 0 Å². The third kappa shape index (κ3) is 2.83. The highest BCUT2D eigenvalue weighted by Crippen LogP contribution is 2.26. The number of aromatic nitrogens is 2. The van der Waals surface area contributed by atoms with Gasteiger partial charge in [-0.1, -0.05) is 0 Å². The predicted octanol–water partition coefficient (Wildman–Crippen LogP) is 1.50. The third-order valence-electron chi connectivity index (χ3n) is 3.39. The third-order valence-corrected chi connectivity index (χ3v) is 3.39. The molecule has 2 rings (SSSR count). The molecule has 1 atom stereocenters. The molecule has 1 saturated heterocycles. The van der Waals surface area contributed by atoms with Crippen molar-refractivity contribution in [3.63, 3.8) is 0 Å². The van der Waals surface area contributed by atoms with Crippen LogP contribution in [0, 0.1) is 5.92 Å². The van der Waals surface area contributed by atoms with E-state index < -0.39 is 0 Å². The van der Waals surface area contributed by atoms with E-state index in [-0.39, 0.29) is 0 Å². The number of nitrogens with one attached hydrogen (secondary N) is 1. The van der Waals surface area contributed by atoms with Crippen LogP contribution in [-0.4, -0.2) is 30.0 Å². The minimum absolute atomic E-state index is 0.428. The Labute approximate surface area is 97.0 Å². The van der Waals surface area contributed by atoms with Gasteiger partial charge in [0, 0.05) is 38.1 Å². The molecule has 4 nitrogen and oxygen atoms in total. The van der Waals surface area contributed by atoms with Crippen LogP contribution in [0.4, 0.5) is 0 Å². The monoisotopic (exact) mass is 223 g/mol. The van der Waals surface area contributed by atoms with E-state index in [9.17, 15) is 0 Å². The zero-order valence-electron chi connectivity index (χ0n) is 10.1. The number of nitrogens with zero attached hydrogens (tertiary/aromatic N) is 2. The summed E-state index contributed by atoms with van der Waals surface area (Å²) < 4.78 is 7.25. The molecule has 4 heteroatoms. The standard InChI is InChI=1S/C12H21N3O/c1-13-12(11-8-14-15(2)9-11)7-10-3-5-16-6-4-10/h8-10,12-13H,3-7H2,1-2H3. The lowest BCUT2D eigenvalue weighted by molar-refractivity contribution is 0.0608. The number of aryl methyl sites for hydroxylation is 1. The minimum atomic E-state index is 0.428. The largest absolute Gasteiger partial charge is 0.381 e. The van der Waals surface area contributed by atoms with Crippen molar-refractivity contribution in [2.45, 2.75) is 25.3 Å². The molecule has 1 aliphatic heterocycles. The summed E-state index contributed by atoms with van der Waals surface area (Å²) in [7, 11) is 3.99. The SMILES string of the molecule is CNC(CC1CCOCC1)c1cnn(C)c1. The van der Waals surface area contributed by atoms with Crippen molar-refractivity contribution in [1.29, 1.82) is 0 Å². The van der Waals surface area contributed by atoms with Crippen LogP contribution < -0.4 is 5.32 Å². The van der Waals surface area contributed by atoms with Gasteiger partial charge in [0.15, 0.2) is 0 Å². The van der Waals surface area contributed by atoms with E-state index in [0.717, 1.165) is 19.1 Å². The summed E-state index contributed by atoms with van der Waals surface area (Å²) in [6.07, 6.45) is 7.63. The first-order chi connectivity index (χ1) is 7.79. The highest BCUT2D eigenvalue weighted by molar-refractivity contribution is 5.10. The lowest BCUT2D eigenvalue weighted by atomic mass is 9.90. The normalized spacial score (nSPS) is 19.9. The maximum absolute atomic E-state index is 5.39. The van der Waals surface area contributed by atoms with Crippen molar-refractivity contribution in [2.24, 2.45) is 13.0 Å². The first-order valence-corrected chi connectivity index (χ1v) is 6.03. The summed E-state index contributed by atoms with van der Waals surface area (Å²) in [6.45, 7) is 1.85. The van der Waals surface area contributed by atoms with Crippen molar-refractivity contribution in [3.05, 3.63) is 18.0 Å². The molecule has 2 heterocycles. The van der Waals surface area contributed by atoms with Crippen LogP contribution in [0.3, 0.4) is 0 Å². The van der Waals surface area contributed by atoms with Crippen molar-refractivity contribution in [1.82, 2.24) is 15.1 Å². The van der Waals surface area contributed by atoms with E-state index in [4.69, 9.17) is 4.74 Å². The fourth-order valence-corrected chi connectivity index (χ4v) is 2.36. The fourth-order valence-electron chi connectivity index (χ4n) is 2.36. The number of ether oxygens (including phenoxy) is 1. The van der Waals surface area contributed by atoms with Crippen LogP contribution in [0.25, 0.3) is 0 Å². The Bertz CT molecular complexity index is 318. The van der Waals surface area contributed by atoms with E-state index in [1.807, 2.05) is 25.0 Å². The maximum atomic E-state index is 5.39. The number of rotatable bonds is 4.